The van der Waals surface area contributed by atoms with Crippen LogP contribution in [0.2, 0.25) is 15.1 Å². The van der Waals surface area contributed by atoms with Gasteiger partial charge in [-0.1, -0.05) is 34.8 Å². The average Bonchev–Trinajstić information content (AvgIpc) is 3.40. The van der Waals surface area contributed by atoms with Crippen LogP contribution in [0, 0.1) is 5.92 Å². The van der Waals surface area contributed by atoms with E-state index in [4.69, 9.17) is 58.0 Å². The molecule has 0 aromatic heterocycles. The van der Waals surface area contributed by atoms with E-state index in [0.717, 1.165) is 12.1 Å². The molecule has 1 aliphatic rings. The van der Waals surface area contributed by atoms with Crippen molar-refractivity contribution in [3.8, 4) is 0 Å². The molecule has 1 aliphatic carbocycles. The smallest absolute Gasteiger partial charge is 0.378 e. The van der Waals surface area contributed by atoms with Gasteiger partial charge in [0.2, 0.25) is 5.91 Å². The maximum absolute atomic E-state index is 13.0. The lowest BCUT2D eigenvalue weighted by atomic mass is 10.1. The summed E-state index contributed by atoms with van der Waals surface area (Å²) >= 11 is 31.1. The summed E-state index contributed by atoms with van der Waals surface area (Å²) in [5.41, 5.74) is 0.527. The molecule has 37 heavy (non-hydrogen) atoms. The standard InChI is InChI=1S/C25H16Cl5F3N2O2/c26-14-7-12(8-15(27)9-14)21-22(24(21,29)30)23(37)35-17-5-6-19(28)18(10-17)20(36)11-34-16-3-1-13(2-4-16)25(31,32)33/h1-10,21-22,34H,11H2,(H,35,37). The van der Waals surface area contributed by atoms with Gasteiger partial charge >= 0.3 is 6.18 Å². The number of benzene rings is 3. The number of halogens is 8. The predicted molar refractivity (Wildman–Crippen MR) is 141 cm³/mol. The van der Waals surface area contributed by atoms with E-state index in [1.54, 1.807) is 18.2 Å². The van der Waals surface area contributed by atoms with E-state index in [1.165, 1.54) is 30.3 Å². The molecule has 2 atom stereocenters. The van der Waals surface area contributed by atoms with E-state index < -0.39 is 39.6 Å². The van der Waals surface area contributed by atoms with Crippen LogP contribution in [0.1, 0.15) is 27.4 Å². The second-order valence-electron chi connectivity index (χ2n) is 8.37. The zero-order valence-electron chi connectivity index (χ0n) is 18.5. The summed E-state index contributed by atoms with van der Waals surface area (Å²) in [6.45, 7) is -0.241. The Kier molecular flexibility index (Phi) is 7.94. The van der Waals surface area contributed by atoms with Crippen LogP contribution >= 0.6 is 58.0 Å². The van der Waals surface area contributed by atoms with E-state index in [-0.39, 0.29) is 22.8 Å². The van der Waals surface area contributed by atoms with Gasteiger partial charge in [0.15, 0.2) is 5.78 Å². The van der Waals surface area contributed by atoms with Gasteiger partial charge < -0.3 is 10.6 Å². The third-order valence-corrected chi connectivity index (χ3v) is 7.49. The number of carbonyl (C=O) groups excluding carboxylic acids is 2. The van der Waals surface area contributed by atoms with Crippen molar-refractivity contribution in [2.24, 2.45) is 5.92 Å². The molecule has 0 spiro atoms. The fraction of sp³-hybridized carbons (Fsp3) is 0.200. The SMILES string of the molecule is O=C(CNc1ccc(C(F)(F)F)cc1)c1cc(NC(=O)C2C(c3cc(Cl)cc(Cl)c3)C2(Cl)Cl)ccc1Cl. The summed E-state index contributed by atoms with van der Waals surface area (Å²) in [6.07, 6.45) is -4.46. The minimum Gasteiger partial charge on any atom is -0.378 e. The van der Waals surface area contributed by atoms with Gasteiger partial charge in [-0.2, -0.15) is 13.2 Å². The molecule has 1 amide bonds. The molecule has 4 nitrogen and oxygen atoms in total. The molecular formula is C25H16Cl5F3N2O2. The minimum absolute atomic E-state index is 0.107. The summed E-state index contributed by atoms with van der Waals surface area (Å²) in [5.74, 6) is -2.27. The van der Waals surface area contributed by atoms with Crippen molar-refractivity contribution in [3.63, 3.8) is 0 Å². The average molecular weight is 611 g/mol. The molecule has 0 bridgehead atoms. The molecule has 0 aliphatic heterocycles. The molecule has 12 heteroatoms. The number of ketones is 1. The number of anilines is 2. The predicted octanol–water partition coefficient (Wildman–Crippen LogP) is 8.49. The van der Waals surface area contributed by atoms with E-state index in [9.17, 15) is 22.8 Å². The Hall–Kier alpha value is -2.16. The molecule has 4 rings (SSSR count). The van der Waals surface area contributed by atoms with Crippen molar-refractivity contribution < 1.29 is 22.8 Å². The highest BCUT2D eigenvalue weighted by Gasteiger charge is 2.67. The Bertz CT molecular complexity index is 1340. The number of Topliss-reactive ketones (excluding diaryl/α,β-unsaturated/α-hetero) is 1. The minimum atomic E-state index is -4.46. The molecule has 1 saturated carbocycles. The Morgan fingerprint density at radius 1 is 0.865 bits per heavy atom. The van der Waals surface area contributed by atoms with Crippen LogP contribution < -0.4 is 10.6 Å². The van der Waals surface area contributed by atoms with Gasteiger partial charge in [0, 0.05) is 32.9 Å². The van der Waals surface area contributed by atoms with Crippen molar-refractivity contribution in [1.82, 2.24) is 0 Å². The van der Waals surface area contributed by atoms with Crippen molar-refractivity contribution in [1.29, 1.82) is 0 Å². The first-order chi connectivity index (χ1) is 17.3. The van der Waals surface area contributed by atoms with E-state index in [0.29, 0.717) is 21.3 Å². The summed E-state index contributed by atoms with van der Waals surface area (Å²) in [4.78, 5) is 25.7. The first kappa shape index (κ1) is 27.9. The van der Waals surface area contributed by atoms with Gasteiger partial charge in [-0.15, -0.1) is 23.2 Å². The zero-order valence-corrected chi connectivity index (χ0v) is 22.3. The topological polar surface area (TPSA) is 58.2 Å². The lowest BCUT2D eigenvalue weighted by molar-refractivity contribution is -0.137. The highest BCUT2D eigenvalue weighted by Crippen LogP contribution is 2.65. The quantitative estimate of drug-likeness (QED) is 0.208. The van der Waals surface area contributed by atoms with Crippen molar-refractivity contribution >= 4 is 81.1 Å². The lowest BCUT2D eigenvalue weighted by Crippen LogP contribution is -2.18. The van der Waals surface area contributed by atoms with E-state index >= 15 is 0 Å². The van der Waals surface area contributed by atoms with Crippen molar-refractivity contribution in [2.45, 2.75) is 16.4 Å². The number of nitrogens with one attached hydrogen (secondary N) is 2. The van der Waals surface area contributed by atoms with Crippen LogP contribution in [0.3, 0.4) is 0 Å². The van der Waals surface area contributed by atoms with Crippen LogP contribution in [0.4, 0.5) is 24.5 Å². The molecule has 194 valence electrons. The van der Waals surface area contributed by atoms with Crippen LogP contribution in [-0.2, 0) is 11.0 Å². The highest BCUT2D eigenvalue weighted by molar-refractivity contribution is 6.53. The second-order valence-corrected chi connectivity index (χ2v) is 11.1. The number of alkyl halides is 5. The maximum atomic E-state index is 13.0. The molecule has 0 saturated heterocycles. The van der Waals surface area contributed by atoms with Gasteiger partial charge in [0.05, 0.1) is 23.0 Å². The van der Waals surface area contributed by atoms with Crippen LogP contribution in [0.15, 0.2) is 60.7 Å². The summed E-state index contributed by atoms with van der Waals surface area (Å²) in [6, 6.07) is 13.4. The van der Waals surface area contributed by atoms with Crippen LogP contribution in [0.5, 0.6) is 0 Å². The molecule has 0 radical (unpaired) electrons. The third-order valence-electron chi connectivity index (χ3n) is 5.78. The van der Waals surface area contributed by atoms with E-state index in [2.05, 4.69) is 10.6 Å². The molecule has 1 fully saturated rings. The summed E-state index contributed by atoms with van der Waals surface area (Å²) in [7, 11) is 0. The Morgan fingerprint density at radius 2 is 1.46 bits per heavy atom. The van der Waals surface area contributed by atoms with Crippen LogP contribution in [-0.4, -0.2) is 22.6 Å². The van der Waals surface area contributed by atoms with Gasteiger partial charge in [0.1, 0.15) is 4.33 Å². The molecule has 3 aromatic carbocycles. The second kappa shape index (κ2) is 10.5. The largest absolute Gasteiger partial charge is 0.416 e. The molecule has 3 aromatic rings. The van der Waals surface area contributed by atoms with Gasteiger partial charge in [-0.25, -0.2) is 0 Å². The molecule has 0 heterocycles. The monoisotopic (exact) mass is 608 g/mol. The number of amides is 1. The van der Waals surface area contributed by atoms with Crippen molar-refractivity contribution in [3.05, 3.63) is 92.4 Å². The molecular weight excluding hydrogens is 595 g/mol. The number of hydrogen-bond donors (Lipinski definition) is 2. The number of rotatable bonds is 7. The Morgan fingerprint density at radius 3 is 2.05 bits per heavy atom. The van der Waals surface area contributed by atoms with Crippen LogP contribution in [0.25, 0.3) is 0 Å². The zero-order chi connectivity index (χ0) is 27.1. The fourth-order valence-electron chi connectivity index (χ4n) is 3.91. The Labute approximate surface area is 235 Å². The number of hydrogen-bond acceptors (Lipinski definition) is 3. The first-order valence-corrected chi connectivity index (χ1v) is 12.5. The van der Waals surface area contributed by atoms with Gasteiger partial charge in [-0.3, -0.25) is 9.59 Å². The van der Waals surface area contributed by atoms with Crippen molar-refractivity contribution in [2.75, 3.05) is 17.2 Å². The first-order valence-electron chi connectivity index (χ1n) is 10.7. The normalized spacial score (nSPS) is 18.3. The summed E-state index contributed by atoms with van der Waals surface area (Å²) < 4.78 is 36.8. The lowest BCUT2D eigenvalue weighted by Gasteiger charge is -2.11. The Balaban J connectivity index is 1.43. The fourth-order valence-corrected chi connectivity index (χ4v) is 5.51. The molecule has 2 unspecified atom stereocenters. The number of carbonyl (C=O) groups is 2. The third kappa shape index (κ3) is 6.29. The van der Waals surface area contributed by atoms with E-state index in [1.807, 2.05) is 0 Å². The highest BCUT2D eigenvalue weighted by atomic mass is 35.5. The van der Waals surface area contributed by atoms with Gasteiger partial charge in [0.25, 0.3) is 0 Å². The molecule has 2 N–H and O–H groups in total. The maximum Gasteiger partial charge on any atom is 0.416 e. The van der Waals surface area contributed by atoms with Gasteiger partial charge in [-0.05, 0) is 66.2 Å². The summed E-state index contributed by atoms with van der Waals surface area (Å²) in [5, 5.41) is 6.35.